The zero-order valence-electron chi connectivity index (χ0n) is 11.0. The van der Waals surface area contributed by atoms with E-state index in [1.165, 1.54) is 0 Å². The number of phenols is 1. The maximum absolute atomic E-state index is 12.3. The minimum absolute atomic E-state index is 0.0190. The van der Waals surface area contributed by atoms with E-state index in [9.17, 15) is 9.90 Å². The Balaban J connectivity index is 2.97. The highest BCUT2D eigenvalue weighted by Gasteiger charge is 2.20. The van der Waals surface area contributed by atoms with Crippen molar-refractivity contribution in [1.29, 1.82) is 5.26 Å². The predicted molar refractivity (Wildman–Crippen MR) is 69.2 cm³/mol. The van der Waals surface area contributed by atoms with Gasteiger partial charge >= 0.3 is 0 Å². The summed E-state index contributed by atoms with van der Waals surface area (Å²) in [4.78, 5) is 13.8. The van der Waals surface area contributed by atoms with Crippen LogP contribution in [0, 0.1) is 24.2 Å². The number of phenolic OH excluding ortho intramolecular Hbond substituents is 1. The first-order valence-corrected chi connectivity index (χ1v) is 5.98. The molecular weight excluding hydrogens is 228 g/mol. The summed E-state index contributed by atoms with van der Waals surface area (Å²) in [5.41, 5.74) is 0.965. The van der Waals surface area contributed by atoms with E-state index in [-0.39, 0.29) is 17.6 Å². The molecule has 0 aliphatic rings. The number of rotatable bonds is 4. The Bertz CT molecular complexity index is 477. The molecule has 0 fully saturated rings. The molecular formula is C14H18N2O2. The van der Waals surface area contributed by atoms with Gasteiger partial charge in [0.15, 0.2) is 0 Å². The number of nitrogens with zero attached hydrogens (tertiary/aromatic N) is 2. The first-order valence-electron chi connectivity index (χ1n) is 5.98. The van der Waals surface area contributed by atoms with E-state index in [0.717, 1.165) is 0 Å². The molecule has 1 N–H and O–H groups in total. The van der Waals surface area contributed by atoms with Gasteiger partial charge < -0.3 is 10.0 Å². The van der Waals surface area contributed by atoms with Crippen LogP contribution < -0.4 is 0 Å². The molecule has 0 aliphatic carbocycles. The largest absolute Gasteiger partial charge is 0.507 e. The number of hydrogen-bond acceptors (Lipinski definition) is 3. The van der Waals surface area contributed by atoms with Crippen LogP contribution in [-0.4, -0.2) is 29.0 Å². The quantitative estimate of drug-likeness (QED) is 0.886. The van der Waals surface area contributed by atoms with Crippen LogP contribution in [0.15, 0.2) is 18.2 Å². The normalized spacial score (nSPS) is 11.7. The maximum Gasteiger partial charge on any atom is 0.257 e. The lowest BCUT2D eigenvalue weighted by Crippen LogP contribution is -2.34. The molecule has 1 atom stereocenters. The van der Waals surface area contributed by atoms with Crippen LogP contribution in [-0.2, 0) is 0 Å². The molecule has 96 valence electrons. The van der Waals surface area contributed by atoms with Gasteiger partial charge in [0.05, 0.1) is 17.6 Å². The van der Waals surface area contributed by atoms with Gasteiger partial charge in [0, 0.05) is 13.1 Å². The van der Waals surface area contributed by atoms with Crippen molar-refractivity contribution >= 4 is 5.91 Å². The number of benzene rings is 1. The molecule has 0 radical (unpaired) electrons. The number of aryl methyl sites for hydroxylation is 1. The highest BCUT2D eigenvalue weighted by Crippen LogP contribution is 2.23. The summed E-state index contributed by atoms with van der Waals surface area (Å²) in [5, 5.41) is 18.7. The lowest BCUT2D eigenvalue weighted by molar-refractivity contribution is 0.0749. The lowest BCUT2D eigenvalue weighted by Gasteiger charge is -2.22. The van der Waals surface area contributed by atoms with Crippen molar-refractivity contribution in [2.75, 3.05) is 13.1 Å². The van der Waals surface area contributed by atoms with Crippen molar-refractivity contribution in [3.63, 3.8) is 0 Å². The second kappa shape index (κ2) is 6.06. The number of carbonyl (C=O) groups excluding carboxylic acids is 1. The summed E-state index contributed by atoms with van der Waals surface area (Å²) < 4.78 is 0. The summed E-state index contributed by atoms with van der Waals surface area (Å²) in [7, 11) is 0. The van der Waals surface area contributed by atoms with Gasteiger partial charge in [-0.05, 0) is 32.4 Å². The van der Waals surface area contributed by atoms with Gasteiger partial charge in [0.1, 0.15) is 5.75 Å². The zero-order chi connectivity index (χ0) is 13.7. The predicted octanol–water partition coefficient (Wildman–Crippen LogP) is 2.32. The Morgan fingerprint density at radius 3 is 2.78 bits per heavy atom. The fourth-order valence-electron chi connectivity index (χ4n) is 1.73. The number of nitriles is 1. The first-order chi connectivity index (χ1) is 8.51. The van der Waals surface area contributed by atoms with Crippen molar-refractivity contribution in [3.8, 4) is 11.8 Å². The Kier molecular flexibility index (Phi) is 4.73. The molecule has 1 rings (SSSR count). The topological polar surface area (TPSA) is 64.3 Å². The Morgan fingerprint density at radius 1 is 1.56 bits per heavy atom. The van der Waals surface area contributed by atoms with E-state index < -0.39 is 0 Å². The van der Waals surface area contributed by atoms with E-state index in [1.54, 1.807) is 36.9 Å². The van der Waals surface area contributed by atoms with Crippen LogP contribution in [0.1, 0.15) is 29.8 Å². The molecule has 0 bridgehead atoms. The monoisotopic (exact) mass is 246 g/mol. The van der Waals surface area contributed by atoms with E-state index in [2.05, 4.69) is 6.07 Å². The van der Waals surface area contributed by atoms with Crippen LogP contribution in [0.5, 0.6) is 5.75 Å². The molecule has 0 saturated carbocycles. The molecule has 0 aromatic heterocycles. The maximum atomic E-state index is 12.3. The van der Waals surface area contributed by atoms with Gasteiger partial charge in [-0.1, -0.05) is 12.1 Å². The summed E-state index contributed by atoms with van der Waals surface area (Å²) in [5.74, 6) is -0.438. The van der Waals surface area contributed by atoms with Crippen molar-refractivity contribution in [3.05, 3.63) is 29.3 Å². The summed E-state index contributed by atoms with van der Waals surface area (Å²) in [6.45, 7) is 6.26. The van der Waals surface area contributed by atoms with E-state index in [4.69, 9.17) is 5.26 Å². The smallest absolute Gasteiger partial charge is 0.257 e. The Labute approximate surface area is 107 Å². The van der Waals surface area contributed by atoms with Crippen molar-refractivity contribution in [2.24, 2.45) is 5.92 Å². The van der Waals surface area contributed by atoms with Crippen LogP contribution in [0.4, 0.5) is 0 Å². The number of para-hydroxylation sites is 1. The average molecular weight is 246 g/mol. The minimum atomic E-state index is -0.235. The average Bonchev–Trinajstić information content (AvgIpc) is 2.38. The molecule has 4 nitrogen and oxygen atoms in total. The first kappa shape index (κ1) is 14.0. The molecule has 1 aromatic carbocycles. The number of amides is 1. The summed E-state index contributed by atoms with van der Waals surface area (Å²) >= 11 is 0. The molecule has 1 aromatic rings. The molecule has 1 amide bonds. The van der Waals surface area contributed by atoms with Crippen molar-refractivity contribution in [2.45, 2.75) is 20.8 Å². The standard InChI is InChI=1S/C14H18N2O2/c1-4-16(9-10(2)8-15)14(18)12-7-5-6-11(3)13(12)17/h5-7,10,17H,4,9H2,1-3H3. The third-order valence-corrected chi connectivity index (χ3v) is 2.85. The number of hydrogen-bond donors (Lipinski definition) is 1. The molecule has 18 heavy (non-hydrogen) atoms. The fourth-order valence-corrected chi connectivity index (χ4v) is 1.73. The van der Waals surface area contributed by atoms with Crippen LogP contribution in [0.2, 0.25) is 0 Å². The Morgan fingerprint density at radius 2 is 2.22 bits per heavy atom. The molecule has 0 saturated heterocycles. The fraction of sp³-hybridized carbons (Fsp3) is 0.429. The van der Waals surface area contributed by atoms with Gasteiger partial charge in [0.25, 0.3) is 5.91 Å². The highest BCUT2D eigenvalue weighted by molar-refractivity contribution is 5.97. The van der Waals surface area contributed by atoms with Gasteiger partial charge in [-0.25, -0.2) is 0 Å². The van der Waals surface area contributed by atoms with E-state index >= 15 is 0 Å². The lowest BCUT2D eigenvalue weighted by atomic mass is 10.1. The van der Waals surface area contributed by atoms with E-state index in [0.29, 0.717) is 24.2 Å². The summed E-state index contributed by atoms with van der Waals surface area (Å²) in [6.07, 6.45) is 0. The third-order valence-electron chi connectivity index (χ3n) is 2.85. The molecule has 0 heterocycles. The van der Waals surface area contributed by atoms with Crippen LogP contribution in [0.25, 0.3) is 0 Å². The molecule has 1 unspecified atom stereocenters. The highest BCUT2D eigenvalue weighted by atomic mass is 16.3. The number of carbonyl (C=O) groups is 1. The molecule has 0 aliphatic heterocycles. The SMILES string of the molecule is CCN(CC(C)C#N)C(=O)c1cccc(C)c1O. The van der Waals surface area contributed by atoms with Gasteiger partial charge in [-0.3, -0.25) is 4.79 Å². The van der Waals surface area contributed by atoms with Gasteiger partial charge in [-0.2, -0.15) is 5.26 Å². The van der Waals surface area contributed by atoms with Crippen molar-refractivity contribution < 1.29 is 9.90 Å². The zero-order valence-corrected chi connectivity index (χ0v) is 11.0. The molecule has 4 heteroatoms. The van der Waals surface area contributed by atoms with E-state index in [1.807, 2.05) is 6.92 Å². The molecule has 0 spiro atoms. The number of aromatic hydroxyl groups is 1. The Hall–Kier alpha value is -2.02. The third kappa shape index (κ3) is 3.01. The second-order valence-electron chi connectivity index (χ2n) is 4.35. The van der Waals surface area contributed by atoms with Crippen LogP contribution in [0.3, 0.4) is 0 Å². The van der Waals surface area contributed by atoms with Gasteiger partial charge in [-0.15, -0.1) is 0 Å². The van der Waals surface area contributed by atoms with Gasteiger partial charge in [0.2, 0.25) is 0 Å². The van der Waals surface area contributed by atoms with Crippen LogP contribution >= 0.6 is 0 Å². The second-order valence-corrected chi connectivity index (χ2v) is 4.35. The summed E-state index contributed by atoms with van der Waals surface area (Å²) in [6, 6.07) is 7.20. The van der Waals surface area contributed by atoms with Crippen molar-refractivity contribution in [1.82, 2.24) is 4.90 Å². The minimum Gasteiger partial charge on any atom is -0.507 e.